The summed E-state index contributed by atoms with van der Waals surface area (Å²) < 4.78 is 12.0. The van der Waals surface area contributed by atoms with Crippen LogP contribution in [0, 0.1) is 19.3 Å². The van der Waals surface area contributed by atoms with Crippen molar-refractivity contribution in [3.8, 4) is 29.2 Å². The molecule has 5 nitrogen and oxygen atoms in total. The molecule has 0 saturated carbocycles. The Morgan fingerprint density at radius 2 is 2.15 bits per heavy atom. The first kappa shape index (κ1) is 18.2. The van der Waals surface area contributed by atoms with Gasteiger partial charge in [0.25, 0.3) is 5.56 Å². The van der Waals surface area contributed by atoms with Gasteiger partial charge < -0.3 is 9.47 Å². The molecular weight excluding hydrogens is 348 g/mol. The standard InChI is InChI=1S/C20H20N2O3S/c1-5-10-22-16(9-11-24-3)21-19-18(20(22)23)17(13(2)26-19)14-7-6-8-15(12-14)25-4/h1,6-8,12H,9-11H2,2-4H3. The van der Waals surface area contributed by atoms with Gasteiger partial charge in [-0.2, -0.15) is 0 Å². The largest absolute Gasteiger partial charge is 0.497 e. The number of ether oxygens (including phenoxy) is 2. The number of benzene rings is 1. The van der Waals surface area contributed by atoms with Crippen LogP contribution in [0.5, 0.6) is 5.75 Å². The highest BCUT2D eigenvalue weighted by atomic mass is 32.1. The number of thiophene rings is 1. The monoisotopic (exact) mass is 368 g/mol. The van der Waals surface area contributed by atoms with E-state index in [4.69, 9.17) is 20.9 Å². The molecule has 3 aromatic rings. The minimum absolute atomic E-state index is 0.110. The van der Waals surface area contributed by atoms with Gasteiger partial charge >= 0.3 is 0 Å². The summed E-state index contributed by atoms with van der Waals surface area (Å²) in [5.41, 5.74) is 1.72. The van der Waals surface area contributed by atoms with Gasteiger partial charge in [0, 0.05) is 24.0 Å². The highest BCUT2D eigenvalue weighted by molar-refractivity contribution is 7.19. The molecule has 2 heterocycles. The van der Waals surface area contributed by atoms with Crippen molar-refractivity contribution in [3.63, 3.8) is 0 Å². The fraction of sp³-hybridized carbons (Fsp3) is 0.300. The molecule has 0 unspecified atom stereocenters. The second kappa shape index (κ2) is 7.73. The molecule has 2 aromatic heterocycles. The van der Waals surface area contributed by atoms with E-state index in [1.807, 2.05) is 31.2 Å². The molecule has 0 radical (unpaired) electrons. The van der Waals surface area contributed by atoms with Gasteiger partial charge in [-0.05, 0) is 24.6 Å². The van der Waals surface area contributed by atoms with Crippen LogP contribution >= 0.6 is 11.3 Å². The van der Waals surface area contributed by atoms with Crippen molar-refractivity contribution in [3.05, 3.63) is 45.3 Å². The van der Waals surface area contributed by atoms with Gasteiger partial charge in [-0.15, -0.1) is 17.8 Å². The smallest absolute Gasteiger partial charge is 0.263 e. The third-order valence-corrected chi connectivity index (χ3v) is 5.20. The summed E-state index contributed by atoms with van der Waals surface area (Å²) in [5.74, 6) is 3.95. The first-order chi connectivity index (χ1) is 12.6. The molecule has 6 heteroatoms. The van der Waals surface area contributed by atoms with E-state index in [9.17, 15) is 4.79 Å². The molecule has 0 bridgehead atoms. The lowest BCUT2D eigenvalue weighted by atomic mass is 10.0. The summed E-state index contributed by atoms with van der Waals surface area (Å²) in [5, 5.41) is 0.608. The topological polar surface area (TPSA) is 53.4 Å². The number of rotatable bonds is 6. The van der Waals surface area contributed by atoms with Crippen molar-refractivity contribution in [2.24, 2.45) is 0 Å². The predicted molar refractivity (Wildman–Crippen MR) is 105 cm³/mol. The van der Waals surface area contributed by atoms with E-state index in [0.717, 1.165) is 26.6 Å². The van der Waals surface area contributed by atoms with E-state index >= 15 is 0 Å². The Morgan fingerprint density at radius 3 is 2.85 bits per heavy atom. The van der Waals surface area contributed by atoms with Crippen LogP contribution in [0.1, 0.15) is 10.7 Å². The Labute approximate surface area is 156 Å². The summed E-state index contributed by atoms with van der Waals surface area (Å²) in [4.78, 5) is 19.7. The average molecular weight is 368 g/mol. The molecule has 0 spiro atoms. The van der Waals surface area contributed by atoms with Crippen LogP contribution in [0.3, 0.4) is 0 Å². The van der Waals surface area contributed by atoms with Crippen LogP contribution in [0.2, 0.25) is 0 Å². The minimum atomic E-state index is -0.110. The zero-order chi connectivity index (χ0) is 18.7. The lowest BCUT2D eigenvalue weighted by molar-refractivity contribution is 0.199. The third-order valence-electron chi connectivity index (χ3n) is 4.20. The summed E-state index contributed by atoms with van der Waals surface area (Å²) in [6.45, 7) is 2.67. The Morgan fingerprint density at radius 1 is 1.35 bits per heavy atom. The minimum Gasteiger partial charge on any atom is -0.497 e. The summed E-state index contributed by atoms with van der Waals surface area (Å²) in [6.07, 6.45) is 6.02. The Kier molecular flexibility index (Phi) is 5.40. The molecule has 0 aliphatic carbocycles. The van der Waals surface area contributed by atoms with Gasteiger partial charge in [-0.1, -0.05) is 18.1 Å². The van der Waals surface area contributed by atoms with Crippen molar-refractivity contribution in [1.29, 1.82) is 0 Å². The van der Waals surface area contributed by atoms with Gasteiger partial charge in [0.05, 0.1) is 25.6 Å². The van der Waals surface area contributed by atoms with E-state index in [1.54, 1.807) is 18.8 Å². The first-order valence-corrected chi connectivity index (χ1v) is 9.02. The molecule has 3 rings (SSSR count). The van der Waals surface area contributed by atoms with E-state index < -0.39 is 0 Å². The number of aryl methyl sites for hydroxylation is 1. The van der Waals surface area contributed by atoms with Gasteiger partial charge in [0.15, 0.2) is 0 Å². The Balaban J connectivity index is 2.29. The molecule has 0 N–H and O–H groups in total. The SMILES string of the molecule is C#CCn1c(CCOC)nc2sc(C)c(-c3cccc(OC)c3)c2c1=O. The van der Waals surface area contributed by atoms with Crippen LogP contribution in [-0.4, -0.2) is 30.4 Å². The maximum absolute atomic E-state index is 13.2. The maximum Gasteiger partial charge on any atom is 0.263 e. The molecule has 134 valence electrons. The fourth-order valence-corrected chi connectivity index (χ4v) is 4.06. The van der Waals surface area contributed by atoms with E-state index in [0.29, 0.717) is 24.2 Å². The van der Waals surface area contributed by atoms with Crippen LogP contribution in [0.4, 0.5) is 0 Å². The normalized spacial score (nSPS) is 10.8. The van der Waals surface area contributed by atoms with Crippen molar-refractivity contribution in [2.75, 3.05) is 20.8 Å². The number of methoxy groups -OCH3 is 2. The Bertz CT molecular complexity index is 1040. The molecule has 0 fully saturated rings. The van der Waals surface area contributed by atoms with E-state index in [2.05, 4.69) is 5.92 Å². The summed E-state index contributed by atoms with van der Waals surface area (Å²) >= 11 is 1.52. The van der Waals surface area contributed by atoms with Crippen LogP contribution in [-0.2, 0) is 17.7 Å². The molecule has 1 aromatic carbocycles. The maximum atomic E-state index is 13.2. The predicted octanol–water partition coefficient (Wildman–Crippen LogP) is 3.26. The van der Waals surface area contributed by atoms with E-state index in [1.165, 1.54) is 11.3 Å². The van der Waals surface area contributed by atoms with Gasteiger partial charge in [-0.25, -0.2) is 4.98 Å². The molecule has 26 heavy (non-hydrogen) atoms. The summed E-state index contributed by atoms with van der Waals surface area (Å²) in [7, 11) is 3.25. The lowest BCUT2D eigenvalue weighted by Crippen LogP contribution is -2.25. The van der Waals surface area contributed by atoms with Crippen molar-refractivity contribution < 1.29 is 9.47 Å². The van der Waals surface area contributed by atoms with Gasteiger partial charge in [0.1, 0.15) is 16.4 Å². The molecule has 0 aliphatic heterocycles. The molecule has 0 aliphatic rings. The number of terminal acetylenes is 1. The fourth-order valence-electron chi connectivity index (χ4n) is 3.00. The van der Waals surface area contributed by atoms with Crippen LogP contribution in [0.15, 0.2) is 29.1 Å². The molecule has 0 saturated heterocycles. The number of fused-ring (bicyclic) bond motifs is 1. The van der Waals surface area contributed by atoms with Crippen molar-refractivity contribution in [1.82, 2.24) is 9.55 Å². The average Bonchev–Trinajstić information content (AvgIpc) is 2.98. The van der Waals surface area contributed by atoms with Gasteiger partial charge in [-0.3, -0.25) is 9.36 Å². The van der Waals surface area contributed by atoms with E-state index in [-0.39, 0.29) is 12.1 Å². The quantitative estimate of drug-likeness (QED) is 0.627. The summed E-state index contributed by atoms with van der Waals surface area (Å²) in [6, 6.07) is 7.70. The van der Waals surface area contributed by atoms with Gasteiger partial charge in [0.2, 0.25) is 0 Å². The first-order valence-electron chi connectivity index (χ1n) is 8.20. The second-order valence-electron chi connectivity index (χ2n) is 5.81. The van der Waals surface area contributed by atoms with Crippen molar-refractivity contribution >= 4 is 21.6 Å². The zero-order valence-electron chi connectivity index (χ0n) is 15.0. The van der Waals surface area contributed by atoms with Crippen molar-refractivity contribution in [2.45, 2.75) is 19.9 Å². The zero-order valence-corrected chi connectivity index (χ0v) is 15.9. The molecule has 0 amide bonds. The number of hydrogen-bond donors (Lipinski definition) is 0. The highest BCUT2D eigenvalue weighted by Crippen LogP contribution is 2.37. The molecular formula is C20H20N2O3S. The number of nitrogens with zero attached hydrogens (tertiary/aromatic N) is 2. The highest BCUT2D eigenvalue weighted by Gasteiger charge is 2.19. The van der Waals surface area contributed by atoms with Crippen LogP contribution < -0.4 is 10.3 Å². The molecule has 0 atom stereocenters. The number of aromatic nitrogens is 2. The second-order valence-corrected chi connectivity index (χ2v) is 7.01. The lowest BCUT2D eigenvalue weighted by Gasteiger charge is -2.10. The van der Waals surface area contributed by atoms with Crippen LogP contribution in [0.25, 0.3) is 21.3 Å². The third kappa shape index (κ3) is 3.24. The Hall–Kier alpha value is -2.62. The number of hydrogen-bond acceptors (Lipinski definition) is 5.